The molecule has 7 heteroatoms. The van der Waals surface area contributed by atoms with Crippen molar-refractivity contribution in [1.29, 1.82) is 0 Å². The summed E-state index contributed by atoms with van der Waals surface area (Å²) in [6.07, 6.45) is 1.97. The lowest BCUT2D eigenvalue weighted by molar-refractivity contribution is 0.0937. The SMILES string of the molecule is Cc1ccc2c(CSc3nc4ccccc4c(=O)n3CC3CCCO3)cc(=O)oc2c1. The number of aryl methyl sites for hydroxylation is 1. The Morgan fingerprint density at radius 2 is 2.00 bits per heavy atom. The van der Waals surface area contributed by atoms with Crippen LogP contribution in [0.3, 0.4) is 0 Å². The first-order chi connectivity index (χ1) is 15.1. The molecular weight excluding hydrogens is 412 g/mol. The highest BCUT2D eigenvalue weighted by Crippen LogP contribution is 2.27. The van der Waals surface area contributed by atoms with Crippen LogP contribution in [0.5, 0.6) is 0 Å². The molecule has 0 saturated carbocycles. The van der Waals surface area contributed by atoms with Gasteiger partial charge in [-0.05, 0) is 49.1 Å². The van der Waals surface area contributed by atoms with E-state index in [0.717, 1.165) is 36.0 Å². The summed E-state index contributed by atoms with van der Waals surface area (Å²) in [5.41, 5.74) is 2.70. The minimum Gasteiger partial charge on any atom is -0.423 e. The number of hydrogen-bond donors (Lipinski definition) is 0. The molecule has 4 aromatic rings. The van der Waals surface area contributed by atoms with Gasteiger partial charge >= 0.3 is 5.63 Å². The van der Waals surface area contributed by atoms with E-state index in [1.54, 1.807) is 4.57 Å². The molecule has 3 heterocycles. The second-order valence-electron chi connectivity index (χ2n) is 7.84. The fourth-order valence-electron chi connectivity index (χ4n) is 4.01. The van der Waals surface area contributed by atoms with Crippen molar-refractivity contribution in [3.8, 4) is 0 Å². The average Bonchev–Trinajstić information content (AvgIpc) is 3.27. The van der Waals surface area contributed by atoms with Gasteiger partial charge in [0.15, 0.2) is 5.16 Å². The van der Waals surface area contributed by atoms with Gasteiger partial charge in [0, 0.05) is 23.8 Å². The monoisotopic (exact) mass is 434 g/mol. The van der Waals surface area contributed by atoms with Crippen LogP contribution >= 0.6 is 11.8 Å². The van der Waals surface area contributed by atoms with Gasteiger partial charge in [-0.3, -0.25) is 9.36 Å². The predicted octanol–water partition coefficient (Wildman–Crippen LogP) is 4.28. The smallest absolute Gasteiger partial charge is 0.336 e. The van der Waals surface area contributed by atoms with E-state index in [-0.39, 0.29) is 17.3 Å². The largest absolute Gasteiger partial charge is 0.423 e. The van der Waals surface area contributed by atoms with E-state index in [1.807, 2.05) is 49.4 Å². The van der Waals surface area contributed by atoms with Crippen molar-refractivity contribution >= 4 is 33.6 Å². The molecule has 1 unspecified atom stereocenters. The van der Waals surface area contributed by atoms with Crippen molar-refractivity contribution in [3.05, 3.63) is 80.4 Å². The van der Waals surface area contributed by atoms with Crippen LogP contribution in [-0.4, -0.2) is 22.3 Å². The van der Waals surface area contributed by atoms with Gasteiger partial charge in [-0.2, -0.15) is 0 Å². The van der Waals surface area contributed by atoms with Crippen LogP contribution in [0, 0.1) is 6.92 Å². The highest BCUT2D eigenvalue weighted by atomic mass is 32.2. The van der Waals surface area contributed by atoms with Crippen LogP contribution in [-0.2, 0) is 17.0 Å². The zero-order valence-electron chi connectivity index (χ0n) is 17.2. The zero-order chi connectivity index (χ0) is 21.4. The summed E-state index contributed by atoms with van der Waals surface area (Å²) in [7, 11) is 0. The van der Waals surface area contributed by atoms with Crippen LogP contribution in [0.4, 0.5) is 0 Å². The summed E-state index contributed by atoms with van der Waals surface area (Å²) in [4.78, 5) is 30.1. The van der Waals surface area contributed by atoms with Gasteiger partial charge in [0.05, 0.1) is 23.6 Å². The van der Waals surface area contributed by atoms with Crippen molar-refractivity contribution in [2.24, 2.45) is 0 Å². The Kier molecular flexibility index (Phi) is 5.38. The Labute approximate surface area is 182 Å². The lowest BCUT2D eigenvalue weighted by Gasteiger charge is -2.16. The molecule has 1 aliphatic rings. The van der Waals surface area contributed by atoms with Crippen molar-refractivity contribution in [3.63, 3.8) is 0 Å². The maximum Gasteiger partial charge on any atom is 0.336 e. The molecule has 5 rings (SSSR count). The Morgan fingerprint density at radius 1 is 1.13 bits per heavy atom. The maximum atomic E-state index is 13.2. The highest BCUT2D eigenvalue weighted by Gasteiger charge is 2.20. The number of fused-ring (bicyclic) bond motifs is 2. The van der Waals surface area contributed by atoms with E-state index >= 15 is 0 Å². The molecule has 2 aromatic carbocycles. The molecule has 1 aliphatic heterocycles. The van der Waals surface area contributed by atoms with E-state index in [0.29, 0.717) is 33.9 Å². The zero-order valence-corrected chi connectivity index (χ0v) is 18.0. The molecule has 31 heavy (non-hydrogen) atoms. The molecule has 1 saturated heterocycles. The highest BCUT2D eigenvalue weighted by molar-refractivity contribution is 7.98. The summed E-state index contributed by atoms with van der Waals surface area (Å²) in [5.74, 6) is 0.501. The number of benzene rings is 2. The van der Waals surface area contributed by atoms with Gasteiger partial charge in [0.25, 0.3) is 5.56 Å². The third kappa shape index (κ3) is 4.03. The molecule has 0 radical (unpaired) electrons. The Bertz CT molecular complexity index is 1390. The second-order valence-corrected chi connectivity index (χ2v) is 8.78. The first-order valence-corrected chi connectivity index (χ1v) is 11.3. The topological polar surface area (TPSA) is 74.3 Å². The molecule has 6 nitrogen and oxygen atoms in total. The van der Waals surface area contributed by atoms with Crippen LogP contribution in [0.15, 0.2) is 67.7 Å². The number of aromatic nitrogens is 2. The van der Waals surface area contributed by atoms with E-state index in [1.165, 1.54) is 17.8 Å². The molecule has 0 bridgehead atoms. The van der Waals surface area contributed by atoms with Crippen molar-refractivity contribution in [2.75, 3.05) is 6.61 Å². The van der Waals surface area contributed by atoms with Gasteiger partial charge in [0.2, 0.25) is 0 Å². The molecule has 1 atom stereocenters. The van der Waals surface area contributed by atoms with Gasteiger partial charge in [-0.15, -0.1) is 0 Å². The average molecular weight is 435 g/mol. The minimum absolute atomic E-state index is 0.0209. The molecule has 158 valence electrons. The standard InChI is InChI=1S/C24H22N2O4S/c1-15-8-9-18-16(12-22(27)30-21(18)11-15)14-31-24-25-20-7-3-2-6-19(20)23(28)26(24)13-17-5-4-10-29-17/h2-3,6-9,11-12,17H,4-5,10,13-14H2,1H3. The van der Waals surface area contributed by atoms with Crippen LogP contribution in [0.2, 0.25) is 0 Å². The number of rotatable bonds is 5. The lowest BCUT2D eigenvalue weighted by atomic mass is 10.1. The van der Waals surface area contributed by atoms with Crippen molar-refractivity contribution in [1.82, 2.24) is 9.55 Å². The number of hydrogen-bond acceptors (Lipinski definition) is 6. The summed E-state index contributed by atoms with van der Waals surface area (Å²) < 4.78 is 12.9. The molecule has 0 aliphatic carbocycles. The molecule has 0 N–H and O–H groups in total. The summed E-state index contributed by atoms with van der Waals surface area (Å²) in [5, 5.41) is 2.13. The van der Waals surface area contributed by atoms with Crippen molar-refractivity contribution < 1.29 is 9.15 Å². The van der Waals surface area contributed by atoms with Crippen LogP contribution < -0.4 is 11.2 Å². The van der Waals surface area contributed by atoms with Gasteiger partial charge in [0.1, 0.15) is 5.58 Å². The maximum absolute atomic E-state index is 13.2. The summed E-state index contributed by atoms with van der Waals surface area (Å²) in [6.45, 7) is 3.17. The van der Waals surface area contributed by atoms with Crippen molar-refractivity contribution in [2.45, 2.75) is 43.3 Å². The third-order valence-electron chi connectivity index (χ3n) is 5.58. The number of ether oxygens (including phenoxy) is 1. The molecule has 0 amide bonds. The Hall–Kier alpha value is -2.90. The first kappa shape index (κ1) is 20.0. The van der Waals surface area contributed by atoms with E-state index in [2.05, 4.69) is 0 Å². The van der Waals surface area contributed by atoms with Crippen LogP contribution in [0.25, 0.3) is 21.9 Å². The Morgan fingerprint density at radius 3 is 2.84 bits per heavy atom. The summed E-state index contributed by atoms with van der Waals surface area (Å²) in [6, 6.07) is 14.8. The lowest BCUT2D eigenvalue weighted by Crippen LogP contribution is -2.28. The molecule has 0 spiro atoms. The number of para-hydroxylation sites is 1. The number of thioether (sulfide) groups is 1. The van der Waals surface area contributed by atoms with Gasteiger partial charge in [-0.1, -0.05) is 36.0 Å². The summed E-state index contributed by atoms with van der Waals surface area (Å²) >= 11 is 1.46. The first-order valence-electron chi connectivity index (χ1n) is 10.4. The fourth-order valence-corrected chi connectivity index (χ4v) is 5.01. The minimum atomic E-state index is -0.378. The quantitative estimate of drug-likeness (QED) is 0.265. The van der Waals surface area contributed by atoms with E-state index in [4.69, 9.17) is 14.1 Å². The predicted molar refractivity (Wildman–Crippen MR) is 122 cm³/mol. The molecular formula is C24H22N2O4S. The second kappa shape index (κ2) is 8.32. The normalized spacial score (nSPS) is 16.4. The Balaban J connectivity index is 1.55. The van der Waals surface area contributed by atoms with Gasteiger partial charge in [-0.25, -0.2) is 9.78 Å². The molecule has 1 fully saturated rings. The fraction of sp³-hybridized carbons (Fsp3) is 0.292. The molecule has 2 aromatic heterocycles. The van der Waals surface area contributed by atoms with E-state index < -0.39 is 0 Å². The van der Waals surface area contributed by atoms with E-state index in [9.17, 15) is 9.59 Å². The van der Waals surface area contributed by atoms with Crippen LogP contribution in [0.1, 0.15) is 24.0 Å². The third-order valence-corrected chi connectivity index (χ3v) is 6.60. The van der Waals surface area contributed by atoms with Gasteiger partial charge < -0.3 is 9.15 Å². The number of nitrogens with zero attached hydrogens (tertiary/aromatic N) is 2.